The van der Waals surface area contributed by atoms with E-state index in [1.165, 1.54) is 0 Å². The summed E-state index contributed by atoms with van der Waals surface area (Å²) in [5.41, 5.74) is 4.84. The fourth-order valence-electron chi connectivity index (χ4n) is 3.23. The maximum Gasteiger partial charge on any atom is 0.313 e. The number of rotatable bonds is 8. The van der Waals surface area contributed by atoms with Crippen molar-refractivity contribution in [3.63, 3.8) is 0 Å². The highest BCUT2D eigenvalue weighted by atomic mass is 16.6. The number of hydrogen-bond donors (Lipinski definition) is 0. The summed E-state index contributed by atoms with van der Waals surface area (Å²) in [6.45, 7) is 9.51. The molecular weight excluding hydrogens is 384 g/mol. The third kappa shape index (κ3) is 7.02. The topological polar surface area (TPSA) is 32.8 Å². The monoisotopic (exact) mass is 420 g/mol. The van der Waals surface area contributed by atoms with Crippen LogP contribution in [0.4, 0.5) is 11.4 Å². The molecule has 0 radical (unpaired) electrons. The van der Waals surface area contributed by atoms with Crippen LogP contribution in [-0.2, 0) is 9.53 Å². The molecule has 0 heterocycles. The summed E-state index contributed by atoms with van der Waals surface area (Å²) >= 11 is 0. The van der Waals surface area contributed by atoms with Crippen LogP contribution < -0.4 is 9.80 Å². The average molecular weight is 421 g/mol. The van der Waals surface area contributed by atoms with E-state index in [1.54, 1.807) is 6.08 Å². The predicted octanol–water partition coefficient (Wildman–Crippen LogP) is 5.78. The van der Waals surface area contributed by atoms with Gasteiger partial charge >= 0.3 is 5.97 Å². The molecule has 0 spiro atoms. The van der Waals surface area contributed by atoms with Gasteiger partial charge in [0.05, 0.1) is 5.92 Å². The van der Waals surface area contributed by atoms with E-state index in [0.29, 0.717) is 6.42 Å². The summed E-state index contributed by atoms with van der Waals surface area (Å²) < 4.78 is 5.68. The van der Waals surface area contributed by atoms with Gasteiger partial charge in [-0.3, -0.25) is 4.79 Å². The zero-order valence-electron chi connectivity index (χ0n) is 20.0. The van der Waals surface area contributed by atoms with Crippen LogP contribution in [0.1, 0.15) is 38.3 Å². The molecular formula is C27H36N2O2. The highest BCUT2D eigenvalue weighted by Gasteiger charge is 2.24. The standard InChI is InChI=1S/C27H36N2O2/c1-9-10-22(26(30)31-27(2,3)4)19-25(20-11-15-23(16-12-20)28(5)6)21-13-17-24(18-14-21)29(7)8/h9,11-19,22H,1,10H2,2-8H3/t22-/m1/s1. The smallest absolute Gasteiger partial charge is 0.313 e. The highest BCUT2D eigenvalue weighted by Crippen LogP contribution is 2.30. The first-order valence-electron chi connectivity index (χ1n) is 10.6. The van der Waals surface area contributed by atoms with Crippen molar-refractivity contribution in [3.05, 3.63) is 78.4 Å². The molecule has 0 N–H and O–H groups in total. The summed E-state index contributed by atoms with van der Waals surface area (Å²) in [4.78, 5) is 17.0. The molecule has 1 atom stereocenters. The molecule has 4 heteroatoms. The minimum absolute atomic E-state index is 0.236. The van der Waals surface area contributed by atoms with Gasteiger partial charge < -0.3 is 14.5 Å². The van der Waals surface area contributed by atoms with Crippen molar-refractivity contribution in [1.29, 1.82) is 0 Å². The minimum atomic E-state index is -0.536. The molecule has 0 amide bonds. The Bertz CT molecular complexity index is 848. The molecule has 2 rings (SSSR count). The predicted molar refractivity (Wildman–Crippen MR) is 133 cm³/mol. The summed E-state index contributed by atoms with van der Waals surface area (Å²) in [5.74, 6) is -0.645. The van der Waals surface area contributed by atoms with Gasteiger partial charge in [0.25, 0.3) is 0 Å². The van der Waals surface area contributed by atoms with Crippen molar-refractivity contribution in [3.8, 4) is 0 Å². The van der Waals surface area contributed by atoms with Crippen LogP contribution >= 0.6 is 0 Å². The molecule has 0 aliphatic rings. The maximum absolute atomic E-state index is 12.9. The average Bonchev–Trinajstić information content (AvgIpc) is 2.70. The van der Waals surface area contributed by atoms with Crippen molar-refractivity contribution in [2.45, 2.75) is 32.8 Å². The van der Waals surface area contributed by atoms with E-state index in [1.807, 2.05) is 55.0 Å². The number of allylic oxidation sites excluding steroid dienone is 1. The van der Waals surface area contributed by atoms with Gasteiger partial charge in [0, 0.05) is 39.6 Å². The van der Waals surface area contributed by atoms with Crippen molar-refractivity contribution in [2.24, 2.45) is 5.92 Å². The first-order valence-corrected chi connectivity index (χ1v) is 10.6. The number of anilines is 2. The number of carbonyl (C=O) groups is 1. The third-order valence-corrected chi connectivity index (χ3v) is 4.89. The van der Waals surface area contributed by atoms with Crippen LogP contribution in [0.2, 0.25) is 0 Å². The fourth-order valence-corrected chi connectivity index (χ4v) is 3.23. The molecule has 0 aromatic heterocycles. The van der Waals surface area contributed by atoms with Gasteiger partial charge in [-0.05, 0) is 68.2 Å². The molecule has 166 valence electrons. The lowest BCUT2D eigenvalue weighted by Crippen LogP contribution is -2.28. The second-order valence-electron chi connectivity index (χ2n) is 9.13. The first-order chi connectivity index (χ1) is 14.5. The summed E-state index contributed by atoms with van der Waals surface area (Å²) in [6.07, 6.45) is 4.31. The van der Waals surface area contributed by atoms with E-state index in [0.717, 1.165) is 28.1 Å². The highest BCUT2D eigenvalue weighted by molar-refractivity contribution is 5.85. The summed E-state index contributed by atoms with van der Waals surface area (Å²) in [6, 6.07) is 16.8. The van der Waals surface area contributed by atoms with Gasteiger partial charge in [-0.2, -0.15) is 0 Å². The van der Waals surface area contributed by atoms with Crippen molar-refractivity contribution in [1.82, 2.24) is 0 Å². The zero-order valence-corrected chi connectivity index (χ0v) is 20.0. The van der Waals surface area contributed by atoms with Crippen LogP contribution in [0.25, 0.3) is 5.57 Å². The molecule has 0 unspecified atom stereocenters. The fraction of sp³-hybridized carbons (Fsp3) is 0.370. The van der Waals surface area contributed by atoms with Crippen molar-refractivity contribution < 1.29 is 9.53 Å². The number of esters is 1. The Balaban J connectivity index is 2.55. The van der Waals surface area contributed by atoms with E-state index in [-0.39, 0.29) is 5.97 Å². The van der Waals surface area contributed by atoms with E-state index < -0.39 is 11.5 Å². The Labute approximate surface area is 187 Å². The van der Waals surface area contributed by atoms with E-state index >= 15 is 0 Å². The lowest BCUT2D eigenvalue weighted by Gasteiger charge is -2.23. The van der Waals surface area contributed by atoms with Crippen LogP contribution in [0.3, 0.4) is 0 Å². The van der Waals surface area contributed by atoms with E-state index in [2.05, 4.69) is 64.9 Å². The maximum atomic E-state index is 12.9. The second-order valence-corrected chi connectivity index (χ2v) is 9.13. The van der Waals surface area contributed by atoms with Gasteiger partial charge in [-0.15, -0.1) is 6.58 Å². The van der Waals surface area contributed by atoms with E-state index in [9.17, 15) is 4.79 Å². The second kappa shape index (κ2) is 10.3. The van der Waals surface area contributed by atoms with Gasteiger partial charge in [0.1, 0.15) is 5.60 Å². The molecule has 4 nitrogen and oxygen atoms in total. The molecule has 31 heavy (non-hydrogen) atoms. The lowest BCUT2D eigenvalue weighted by molar-refractivity contribution is -0.158. The normalized spacial score (nSPS) is 12.0. The van der Waals surface area contributed by atoms with Crippen LogP contribution in [0.15, 0.2) is 67.3 Å². The molecule has 0 bridgehead atoms. The van der Waals surface area contributed by atoms with Crippen molar-refractivity contribution >= 4 is 22.9 Å². The largest absolute Gasteiger partial charge is 0.460 e. The minimum Gasteiger partial charge on any atom is -0.460 e. The quantitative estimate of drug-likeness (QED) is 0.400. The van der Waals surface area contributed by atoms with Gasteiger partial charge in [-0.1, -0.05) is 36.4 Å². The SMILES string of the molecule is C=CC[C@H](C=C(c1ccc(N(C)C)cc1)c1ccc(N(C)C)cc1)C(=O)OC(C)(C)C. The molecule has 2 aromatic rings. The zero-order chi connectivity index (χ0) is 23.2. The third-order valence-electron chi connectivity index (χ3n) is 4.89. The molecule has 0 aliphatic carbocycles. The Hall–Kier alpha value is -3.01. The molecule has 0 saturated carbocycles. The van der Waals surface area contributed by atoms with Gasteiger partial charge in [0.15, 0.2) is 0 Å². The molecule has 0 fully saturated rings. The molecule has 0 saturated heterocycles. The van der Waals surface area contributed by atoms with Crippen LogP contribution in [0.5, 0.6) is 0 Å². The number of nitrogens with zero attached hydrogens (tertiary/aromatic N) is 2. The van der Waals surface area contributed by atoms with Crippen LogP contribution in [-0.4, -0.2) is 39.8 Å². The molecule has 2 aromatic carbocycles. The lowest BCUT2D eigenvalue weighted by atomic mass is 9.92. The Morgan fingerprint density at radius 3 is 1.65 bits per heavy atom. The number of benzene rings is 2. The van der Waals surface area contributed by atoms with Gasteiger partial charge in [-0.25, -0.2) is 0 Å². The molecule has 0 aliphatic heterocycles. The number of carbonyl (C=O) groups excluding carboxylic acids is 1. The number of ether oxygens (including phenoxy) is 1. The van der Waals surface area contributed by atoms with Gasteiger partial charge in [0.2, 0.25) is 0 Å². The Kier molecular flexibility index (Phi) is 8.09. The van der Waals surface area contributed by atoms with Crippen molar-refractivity contribution in [2.75, 3.05) is 38.0 Å². The first kappa shape index (κ1) is 24.3. The van der Waals surface area contributed by atoms with Crippen LogP contribution in [0, 0.1) is 5.92 Å². The number of hydrogen-bond acceptors (Lipinski definition) is 4. The Morgan fingerprint density at radius 2 is 1.32 bits per heavy atom. The summed E-state index contributed by atoms with van der Waals surface area (Å²) in [5, 5.41) is 0. The van der Waals surface area contributed by atoms with E-state index in [4.69, 9.17) is 4.74 Å². The summed E-state index contributed by atoms with van der Waals surface area (Å²) in [7, 11) is 8.09. The Morgan fingerprint density at radius 1 is 0.903 bits per heavy atom.